The Balaban J connectivity index is 2.45. The predicted octanol–water partition coefficient (Wildman–Crippen LogP) is 3.00. The Morgan fingerprint density at radius 2 is 1.86 bits per heavy atom. The number of ketones is 1. The molecule has 1 aromatic carbocycles. The van der Waals surface area contributed by atoms with E-state index in [1.165, 1.54) is 4.90 Å². The van der Waals surface area contributed by atoms with Gasteiger partial charge in [-0.15, -0.1) is 0 Å². The molecule has 0 bridgehead atoms. The smallest absolute Gasteiger partial charge is 0.343 e. The Labute approximate surface area is 171 Å². The molecule has 29 heavy (non-hydrogen) atoms. The van der Waals surface area contributed by atoms with Gasteiger partial charge < -0.3 is 9.64 Å². The van der Waals surface area contributed by atoms with Crippen LogP contribution in [0.3, 0.4) is 0 Å². The van der Waals surface area contributed by atoms with Crippen LogP contribution in [0.1, 0.15) is 43.5 Å². The minimum Gasteiger partial charge on any atom is -0.427 e. The number of amides is 1. The number of esters is 1. The third-order valence-corrected chi connectivity index (χ3v) is 4.44. The first kappa shape index (κ1) is 22.4. The average molecular weight is 400 g/mol. The number of allylic oxidation sites excluding steroid dienone is 3. The lowest BCUT2D eigenvalue weighted by Crippen LogP contribution is -2.36. The molecule has 7 nitrogen and oxygen atoms in total. The quantitative estimate of drug-likeness (QED) is 0.533. The molecule has 0 saturated carbocycles. The summed E-state index contributed by atoms with van der Waals surface area (Å²) < 4.78 is 5.64. The molecule has 2 rings (SSSR count). The van der Waals surface area contributed by atoms with Crippen molar-refractivity contribution in [1.29, 1.82) is 0 Å². The van der Waals surface area contributed by atoms with E-state index in [0.717, 1.165) is 0 Å². The number of nitrogens with zero attached hydrogens (tertiary/aromatic N) is 1. The Kier molecular flexibility index (Phi) is 8.15. The van der Waals surface area contributed by atoms with Gasteiger partial charge in [-0.1, -0.05) is 31.2 Å². The number of nitrogens with one attached hydrogen (secondary N) is 1. The van der Waals surface area contributed by atoms with Crippen LogP contribution in [0.2, 0.25) is 0 Å². The third-order valence-electron chi connectivity index (χ3n) is 4.44. The van der Waals surface area contributed by atoms with Gasteiger partial charge in [0.2, 0.25) is 5.91 Å². The second-order valence-corrected chi connectivity index (χ2v) is 6.88. The fraction of sp³-hybridized carbons (Fsp3) is 0.409. The molecule has 7 heteroatoms. The first-order valence-corrected chi connectivity index (χ1v) is 9.72. The predicted molar refractivity (Wildman–Crippen MR) is 108 cm³/mol. The number of benzene rings is 1. The zero-order valence-electron chi connectivity index (χ0n) is 17.4. The lowest BCUT2D eigenvalue weighted by molar-refractivity contribution is -0.136. The van der Waals surface area contributed by atoms with Crippen LogP contribution in [0, 0.1) is 5.92 Å². The summed E-state index contributed by atoms with van der Waals surface area (Å²) in [6, 6.07) is 8.53. The number of hydrogen-bond donors (Lipinski definition) is 1. The summed E-state index contributed by atoms with van der Waals surface area (Å²) in [7, 11) is 3.28. The molecule has 0 fully saturated rings. The fourth-order valence-corrected chi connectivity index (χ4v) is 3.11. The van der Waals surface area contributed by atoms with E-state index < -0.39 is 11.9 Å². The van der Waals surface area contributed by atoms with Gasteiger partial charge in [0, 0.05) is 26.9 Å². The molecule has 0 radical (unpaired) electrons. The van der Waals surface area contributed by atoms with Gasteiger partial charge in [0.05, 0.1) is 29.4 Å². The molecule has 1 amide bonds. The summed E-state index contributed by atoms with van der Waals surface area (Å²) in [5.74, 6) is -1.41. The fourth-order valence-electron chi connectivity index (χ4n) is 3.11. The number of rotatable bonds is 8. The number of carbonyl (C=O) groups excluding carboxylic acids is 3. The highest BCUT2D eigenvalue weighted by molar-refractivity contribution is 6.04. The van der Waals surface area contributed by atoms with E-state index in [-0.39, 0.29) is 35.9 Å². The molecule has 1 aliphatic rings. The van der Waals surface area contributed by atoms with Crippen LogP contribution in [0.15, 0.2) is 53.4 Å². The molecular weight excluding hydrogens is 372 g/mol. The molecule has 1 atom stereocenters. The summed E-state index contributed by atoms with van der Waals surface area (Å²) >= 11 is 0. The van der Waals surface area contributed by atoms with E-state index in [4.69, 9.17) is 9.57 Å². The Morgan fingerprint density at radius 3 is 2.45 bits per heavy atom. The summed E-state index contributed by atoms with van der Waals surface area (Å²) in [4.78, 5) is 44.8. The van der Waals surface area contributed by atoms with E-state index in [0.29, 0.717) is 24.3 Å². The van der Waals surface area contributed by atoms with Crippen LogP contribution >= 0.6 is 0 Å². The highest BCUT2D eigenvalue weighted by atomic mass is 16.6. The molecule has 156 valence electrons. The first-order valence-electron chi connectivity index (χ1n) is 9.72. The van der Waals surface area contributed by atoms with Gasteiger partial charge in [0.15, 0.2) is 5.78 Å². The van der Waals surface area contributed by atoms with Crippen LogP contribution in [0.25, 0.3) is 0 Å². The van der Waals surface area contributed by atoms with Crippen molar-refractivity contribution in [1.82, 2.24) is 10.4 Å². The summed E-state index contributed by atoms with van der Waals surface area (Å²) in [6.07, 6.45) is 2.65. The molecule has 0 spiro atoms. The van der Waals surface area contributed by atoms with Crippen molar-refractivity contribution >= 4 is 17.7 Å². The number of ether oxygens (including phenoxy) is 1. The molecular formula is C22H28N2O5. The first-order chi connectivity index (χ1) is 13.9. The highest BCUT2D eigenvalue weighted by Gasteiger charge is 2.36. The maximum Gasteiger partial charge on any atom is 0.343 e. The van der Waals surface area contributed by atoms with E-state index in [1.807, 2.05) is 13.8 Å². The number of hydroxylamine groups is 1. The van der Waals surface area contributed by atoms with E-state index in [2.05, 4.69) is 5.48 Å². The lowest BCUT2D eigenvalue weighted by atomic mass is 9.84. The van der Waals surface area contributed by atoms with Crippen molar-refractivity contribution in [2.75, 3.05) is 20.7 Å². The molecule has 0 aliphatic heterocycles. The minimum atomic E-state index is -0.574. The maximum atomic E-state index is 13.0. The SMILES string of the molecule is CCC=C(NOCC)C1=C(OC(=O)c2ccccc2)CC(C(=O)N(C)C)CC1=O. The Hall–Kier alpha value is -2.93. The Morgan fingerprint density at radius 1 is 1.17 bits per heavy atom. The monoisotopic (exact) mass is 400 g/mol. The van der Waals surface area contributed by atoms with Gasteiger partial charge in [-0.25, -0.2) is 4.79 Å². The molecule has 0 saturated heterocycles. The van der Waals surface area contributed by atoms with Crippen molar-refractivity contribution in [3.05, 3.63) is 59.0 Å². The second-order valence-electron chi connectivity index (χ2n) is 6.88. The zero-order chi connectivity index (χ0) is 21.4. The molecule has 1 aromatic rings. The lowest BCUT2D eigenvalue weighted by Gasteiger charge is -2.28. The molecule has 1 aliphatic carbocycles. The van der Waals surface area contributed by atoms with Crippen molar-refractivity contribution < 1.29 is 24.0 Å². The molecule has 0 heterocycles. The summed E-state index contributed by atoms with van der Waals surface area (Å²) in [6.45, 7) is 4.13. The van der Waals surface area contributed by atoms with E-state index in [9.17, 15) is 14.4 Å². The molecule has 0 aromatic heterocycles. The third kappa shape index (κ3) is 5.77. The Bertz CT molecular complexity index is 812. The van der Waals surface area contributed by atoms with Crippen molar-refractivity contribution in [2.24, 2.45) is 5.92 Å². The normalized spacial score (nSPS) is 17.2. The van der Waals surface area contributed by atoms with Crippen molar-refractivity contribution in [2.45, 2.75) is 33.1 Å². The molecule has 1 N–H and O–H groups in total. The van der Waals surface area contributed by atoms with E-state index in [1.54, 1.807) is 50.5 Å². The van der Waals surface area contributed by atoms with Crippen molar-refractivity contribution in [3.63, 3.8) is 0 Å². The maximum absolute atomic E-state index is 13.0. The van der Waals surface area contributed by atoms with Gasteiger partial charge in [0.1, 0.15) is 5.76 Å². The summed E-state index contributed by atoms with van der Waals surface area (Å²) in [5.41, 5.74) is 3.85. The molecule has 1 unspecified atom stereocenters. The van der Waals surface area contributed by atoms with Crippen LogP contribution in [0.4, 0.5) is 0 Å². The van der Waals surface area contributed by atoms with Crippen molar-refractivity contribution in [3.8, 4) is 0 Å². The van der Waals surface area contributed by atoms with E-state index >= 15 is 0 Å². The number of carbonyl (C=O) groups is 3. The number of Topliss-reactive ketones (excluding diaryl/α,β-unsaturated/α-hetero) is 1. The minimum absolute atomic E-state index is 0.0492. The van der Waals surface area contributed by atoms with Gasteiger partial charge in [-0.3, -0.25) is 19.9 Å². The standard InChI is InChI=1S/C22H28N2O5/c1-5-10-17(23-28-6-2)20-18(25)13-16(21(26)24(3)4)14-19(20)29-22(27)15-11-8-7-9-12-15/h7-12,16,23H,5-6,13-14H2,1-4H3. The van der Waals surface area contributed by atoms with Gasteiger partial charge in [0.25, 0.3) is 0 Å². The van der Waals surface area contributed by atoms with Gasteiger partial charge in [-0.2, -0.15) is 0 Å². The van der Waals surface area contributed by atoms with Crippen LogP contribution in [-0.2, 0) is 19.2 Å². The highest BCUT2D eigenvalue weighted by Crippen LogP contribution is 2.33. The van der Waals surface area contributed by atoms with Crippen LogP contribution in [-0.4, -0.2) is 43.3 Å². The largest absolute Gasteiger partial charge is 0.427 e. The topological polar surface area (TPSA) is 84.9 Å². The number of hydrogen-bond acceptors (Lipinski definition) is 6. The van der Waals surface area contributed by atoms with Crippen LogP contribution < -0.4 is 5.48 Å². The van der Waals surface area contributed by atoms with Gasteiger partial charge >= 0.3 is 5.97 Å². The second kappa shape index (κ2) is 10.6. The van der Waals surface area contributed by atoms with Gasteiger partial charge in [-0.05, 0) is 25.5 Å². The summed E-state index contributed by atoms with van der Waals surface area (Å²) in [5, 5.41) is 0. The van der Waals surface area contributed by atoms with Crippen LogP contribution in [0.5, 0.6) is 0 Å². The zero-order valence-corrected chi connectivity index (χ0v) is 17.4. The average Bonchev–Trinajstić information content (AvgIpc) is 2.71.